The van der Waals surface area contributed by atoms with E-state index in [4.69, 9.17) is 4.74 Å². The van der Waals surface area contributed by atoms with E-state index < -0.39 is 30.4 Å². The van der Waals surface area contributed by atoms with Gasteiger partial charge in [-0.25, -0.2) is 0 Å². The van der Waals surface area contributed by atoms with Crippen LogP contribution in [-0.2, 0) is 9.53 Å². The Balaban J connectivity index is 2.56. The largest absolute Gasteiger partial charge is 0.459 e. The van der Waals surface area contributed by atoms with E-state index in [1.54, 1.807) is 0 Å². The van der Waals surface area contributed by atoms with Gasteiger partial charge in [-0.1, -0.05) is 44.8 Å². The fourth-order valence-corrected chi connectivity index (χ4v) is 2.41. The van der Waals surface area contributed by atoms with Gasteiger partial charge >= 0.3 is 5.97 Å². The zero-order valence-electron chi connectivity index (χ0n) is 12.8. The lowest BCUT2D eigenvalue weighted by atomic mass is 9.99. The lowest BCUT2D eigenvalue weighted by Gasteiger charge is -2.26. The molecule has 0 aromatic rings. The molecule has 5 nitrogen and oxygen atoms in total. The summed E-state index contributed by atoms with van der Waals surface area (Å²) in [6.07, 6.45) is 5.29. The van der Waals surface area contributed by atoms with Crippen molar-refractivity contribution in [2.75, 3.05) is 0 Å². The number of ether oxygens (including phenoxy) is 1. The first-order chi connectivity index (χ1) is 10.0. The Labute approximate surface area is 126 Å². The predicted molar refractivity (Wildman–Crippen MR) is 79.7 cm³/mol. The first-order valence-corrected chi connectivity index (χ1v) is 7.96. The second kappa shape index (κ2) is 9.92. The number of cyclic esters (lactones) is 1. The molecule has 0 aromatic carbocycles. The van der Waals surface area contributed by atoms with E-state index in [0.29, 0.717) is 6.42 Å². The third-order valence-corrected chi connectivity index (χ3v) is 3.78. The Morgan fingerprint density at radius 1 is 1.14 bits per heavy atom. The van der Waals surface area contributed by atoms with Gasteiger partial charge in [0.25, 0.3) is 0 Å². The summed E-state index contributed by atoms with van der Waals surface area (Å²) in [5, 5.41) is 29.5. The lowest BCUT2D eigenvalue weighted by Crippen LogP contribution is -2.40. The number of hydrogen-bond acceptors (Lipinski definition) is 5. The van der Waals surface area contributed by atoms with E-state index in [1.807, 2.05) is 0 Å². The van der Waals surface area contributed by atoms with E-state index in [9.17, 15) is 20.1 Å². The minimum atomic E-state index is -1.15. The van der Waals surface area contributed by atoms with Crippen molar-refractivity contribution < 1.29 is 24.9 Å². The van der Waals surface area contributed by atoms with Crippen LogP contribution in [0.1, 0.15) is 58.3 Å². The molecule has 0 fully saturated rings. The molecule has 21 heavy (non-hydrogen) atoms. The zero-order chi connectivity index (χ0) is 15.7. The number of aliphatic hydroxyl groups excluding tert-OH is 3. The van der Waals surface area contributed by atoms with Crippen LogP contribution in [0.15, 0.2) is 12.2 Å². The summed E-state index contributed by atoms with van der Waals surface area (Å²) in [7, 11) is 0. The number of hydrogen-bond donors (Lipinski definition) is 3. The molecule has 0 saturated heterocycles. The number of carbonyl (C=O) groups is 1. The van der Waals surface area contributed by atoms with Crippen LogP contribution in [0.3, 0.4) is 0 Å². The maximum atomic E-state index is 11.7. The molecule has 1 heterocycles. The average molecular weight is 300 g/mol. The molecule has 5 heteroatoms. The fourth-order valence-electron chi connectivity index (χ4n) is 2.41. The van der Waals surface area contributed by atoms with Gasteiger partial charge < -0.3 is 20.1 Å². The quantitative estimate of drug-likeness (QED) is 0.395. The maximum absolute atomic E-state index is 11.7. The highest BCUT2D eigenvalue weighted by molar-refractivity contribution is 5.69. The van der Waals surface area contributed by atoms with Crippen LogP contribution in [0.2, 0.25) is 0 Å². The smallest absolute Gasteiger partial charge is 0.306 e. The van der Waals surface area contributed by atoms with E-state index in [-0.39, 0.29) is 12.8 Å². The normalized spacial score (nSPS) is 32.5. The van der Waals surface area contributed by atoms with Crippen molar-refractivity contribution in [1.82, 2.24) is 0 Å². The van der Waals surface area contributed by atoms with Crippen molar-refractivity contribution in [3.63, 3.8) is 0 Å². The second-order valence-electron chi connectivity index (χ2n) is 5.70. The summed E-state index contributed by atoms with van der Waals surface area (Å²) in [5.41, 5.74) is 0. The summed E-state index contributed by atoms with van der Waals surface area (Å²) >= 11 is 0. The van der Waals surface area contributed by atoms with Crippen molar-refractivity contribution in [3.8, 4) is 0 Å². The minimum Gasteiger partial charge on any atom is -0.459 e. The Hall–Kier alpha value is -0.910. The van der Waals surface area contributed by atoms with Crippen molar-refractivity contribution >= 4 is 5.97 Å². The molecule has 0 aliphatic carbocycles. The van der Waals surface area contributed by atoms with Crippen LogP contribution in [0.4, 0.5) is 0 Å². The SMILES string of the molecule is CCCCCCC[C@H]1OC(=O)CC[C@H](O)/C=C/[C@H](O)[C@@H]1O. The number of carbonyl (C=O) groups excluding carboxylic acids is 1. The standard InChI is InChI=1S/C16H28O5/c1-2-3-4-5-6-7-14-16(20)13(18)10-8-12(17)9-11-15(19)21-14/h8,10,12-14,16-18,20H,2-7,9,11H2,1H3/b10-8+/t12-,13+,14-,16+/m1/s1. The number of aliphatic hydroxyl groups is 3. The molecular weight excluding hydrogens is 272 g/mol. The predicted octanol–water partition coefficient (Wildman–Crippen LogP) is 1.69. The Bertz CT molecular complexity index is 329. The van der Waals surface area contributed by atoms with Crippen LogP contribution >= 0.6 is 0 Å². The summed E-state index contributed by atoms with van der Waals surface area (Å²) in [5.74, 6) is -0.436. The van der Waals surface area contributed by atoms with E-state index in [1.165, 1.54) is 18.6 Å². The molecule has 1 aliphatic heterocycles. The number of rotatable bonds is 6. The molecule has 0 radical (unpaired) electrons. The van der Waals surface area contributed by atoms with E-state index in [2.05, 4.69) is 6.92 Å². The van der Waals surface area contributed by atoms with Crippen LogP contribution in [-0.4, -0.2) is 45.7 Å². The molecule has 0 aromatic heterocycles. The number of unbranched alkanes of at least 4 members (excludes halogenated alkanes) is 4. The number of esters is 1. The van der Waals surface area contributed by atoms with Crippen LogP contribution in [0, 0.1) is 0 Å². The van der Waals surface area contributed by atoms with Crippen molar-refractivity contribution in [2.45, 2.75) is 82.7 Å². The molecule has 0 amide bonds. The first kappa shape index (κ1) is 18.1. The van der Waals surface area contributed by atoms with Gasteiger partial charge in [-0.3, -0.25) is 4.79 Å². The van der Waals surface area contributed by atoms with E-state index >= 15 is 0 Å². The van der Waals surface area contributed by atoms with Gasteiger partial charge in [0.05, 0.1) is 6.10 Å². The molecule has 0 bridgehead atoms. The topological polar surface area (TPSA) is 87.0 Å². The van der Waals surface area contributed by atoms with Crippen molar-refractivity contribution in [2.24, 2.45) is 0 Å². The molecule has 0 saturated carbocycles. The van der Waals surface area contributed by atoms with Gasteiger partial charge in [-0.15, -0.1) is 0 Å². The zero-order valence-corrected chi connectivity index (χ0v) is 12.8. The first-order valence-electron chi connectivity index (χ1n) is 7.96. The van der Waals surface area contributed by atoms with Crippen molar-refractivity contribution in [1.29, 1.82) is 0 Å². The second-order valence-corrected chi connectivity index (χ2v) is 5.70. The van der Waals surface area contributed by atoms with Crippen LogP contribution in [0.5, 0.6) is 0 Å². The molecule has 0 unspecified atom stereocenters. The van der Waals surface area contributed by atoms with Gasteiger partial charge in [0.1, 0.15) is 18.3 Å². The monoisotopic (exact) mass is 300 g/mol. The molecule has 122 valence electrons. The molecular formula is C16H28O5. The van der Waals surface area contributed by atoms with Gasteiger partial charge in [-0.05, 0) is 19.3 Å². The highest BCUT2D eigenvalue weighted by atomic mass is 16.6. The maximum Gasteiger partial charge on any atom is 0.306 e. The Morgan fingerprint density at radius 3 is 2.57 bits per heavy atom. The van der Waals surface area contributed by atoms with Gasteiger partial charge in [-0.2, -0.15) is 0 Å². The van der Waals surface area contributed by atoms with Gasteiger partial charge in [0.2, 0.25) is 0 Å². The lowest BCUT2D eigenvalue weighted by molar-refractivity contribution is -0.160. The van der Waals surface area contributed by atoms with Crippen molar-refractivity contribution in [3.05, 3.63) is 12.2 Å². The minimum absolute atomic E-state index is 0.112. The molecule has 3 N–H and O–H groups in total. The van der Waals surface area contributed by atoms with Crippen LogP contribution in [0.25, 0.3) is 0 Å². The summed E-state index contributed by atoms with van der Waals surface area (Å²) < 4.78 is 5.27. The summed E-state index contributed by atoms with van der Waals surface area (Å²) in [6.45, 7) is 2.14. The third kappa shape index (κ3) is 7.07. The van der Waals surface area contributed by atoms with Gasteiger partial charge in [0.15, 0.2) is 0 Å². The highest BCUT2D eigenvalue weighted by Crippen LogP contribution is 2.18. The molecule has 1 aliphatic rings. The van der Waals surface area contributed by atoms with E-state index in [0.717, 1.165) is 25.7 Å². The Morgan fingerprint density at radius 2 is 1.86 bits per heavy atom. The fraction of sp³-hybridized carbons (Fsp3) is 0.812. The molecule has 0 spiro atoms. The molecule has 4 atom stereocenters. The van der Waals surface area contributed by atoms with Crippen LogP contribution < -0.4 is 0 Å². The average Bonchev–Trinajstić information content (AvgIpc) is 2.47. The third-order valence-electron chi connectivity index (χ3n) is 3.78. The highest BCUT2D eigenvalue weighted by Gasteiger charge is 2.29. The summed E-state index contributed by atoms with van der Waals surface area (Å²) in [6, 6.07) is 0. The van der Waals surface area contributed by atoms with Gasteiger partial charge in [0, 0.05) is 6.42 Å². The summed E-state index contributed by atoms with van der Waals surface area (Å²) in [4.78, 5) is 11.7. The Kier molecular flexibility index (Phi) is 8.57. The molecule has 1 rings (SSSR count).